The second kappa shape index (κ2) is 8.89. The topological polar surface area (TPSA) is 107 Å². The Bertz CT molecular complexity index is 303. The van der Waals surface area contributed by atoms with Crippen LogP contribution in [-0.4, -0.2) is 69.8 Å². The summed E-state index contributed by atoms with van der Waals surface area (Å²) in [7, 11) is -1.32. The molecule has 116 valence electrons. The molecule has 1 saturated heterocycles. The average molecular weight is 304 g/mol. The molecule has 1 rings (SSSR count). The molecule has 0 bridgehead atoms. The van der Waals surface area contributed by atoms with Gasteiger partial charge in [-0.15, -0.1) is 0 Å². The molecule has 0 spiro atoms. The van der Waals surface area contributed by atoms with Gasteiger partial charge in [0.15, 0.2) is 0 Å². The zero-order chi connectivity index (χ0) is 15.0. The first-order chi connectivity index (χ1) is 9.44. The van der Waals surface area contributed by atoms with Crippen molar-refractivity contribution in [2.24, 2.45) is 5.73 Å². The van der Waals surface area contributed by atoms with Gasteiger partial charge in [-0.25, -0.2) is 0 Å². The van der Waals surface area contributed by atoms with Crippen LogP contribution in [0.25, 0.3) is 0 Å². The van der Waals surface area contributed by atoms with E-state index in [1.54, 1.807) is 0 Å². The van der Waals surface area contributed by atoms with E-state index >= 15 is 0 Å². The van der Waals surface area contributed by atoms with Crippen molar-refractivity contribution in [1.82, 2.24) is 4.90 Å². The van der Waals surface area contributed by atoms with Gasteiger partial charge in [-0.3, -0.25) is 4.79 Å². The molecule has 1 unspecified atom stereocenters. The van der Waals surface area contributed by atoms with Crippen LogP contribution in [0.15, 0.2) is 0 Å². The van der Waals surface area contributed by atoms with Gasteiger partial charge in [-0.1, -0.05) is 12.8 Å². The summed E-state index contributed by atoms with van der Waals surface area (Å²) in [4.78, 5) is 13.6. The van der Waals surface area contributed by atoms with E-state index in [0.717, 1.165) is 24.6 Å². The predicted molar refractivity (Wildman–Crippen MR) is 81.8 cm³/mol. The van der Waals surface area contributed by atoms with Crippen LogP contribution in [0.2, 0.25) is 6.32 Å². The minimum absolute atomic E-state index is 0.263. The number of hydrogen-bond donors (Lipinski definition) is 4. The molecule has 5 N–H and O–H groups in total. The molecule has 6 nitrogen and oxygen atoms in total. The molecule has 1 fully saturated rings. The molecule has 0 aromatic rings. The summed E-state index contributed by atoms with van der Waals surface area (Å²) in [6.07, 6.45) is 2.24. The van der Waals surface area contributed by atoms with Gasteiger partial charge in [0.1, 0.15) is 5.54 Å². The maximum absolute atomic E-state index is 11.4. The molecule has 0 saturated carbocycles. The van der Waals surface area contributed by atoms with E-state index < -0.39 is 18.6 Å². The van der Waals surface area contributed by atoms with E-state index in [2.05, 4.69) is 4.90 Å². The number of nitrogens with two attached hydrogens (primary N) is 1. The maximum atomic E-state index is 11.4. The lowest BCUT2D eigenvalue weighted by Crippen LogP contribution is -2.50. The highest BCUT2D eigenvalue weighted by molar-refractivity contribution is 7.99. The highest BCUT2D eigenvalue weighted by Gasteiger charge is 2.33. The van der Waals surface area contributed by atoms with Crippen molar-refractivity contribution in [2.45, 2.75) is 37.5 Å². The van der Waals surface area contributed by atoms with Crippen LogP contribution in [0, 0.1) is 0 Å². The summed E-state index contributed by atoms with van der Waals surface area (Å²) < 4.78 is 0. The molecule has 0 radical (unpaired) electrons. The molecule has 1 aliphatic rings. The highest BCUT2D eigenvalue weighted by atomic mass is 32.2. The fourth-order valence-corrected chi connectivity index (χ4v) is 3.27. The Kier molecular flexibility index (Phi) is 7.90. The maximum Gasteiger partial charge on any atom is 0.451 e. The summed E-state index contributed by atoms with van der Waals surface area (Å²) in [5.41, 5.74) is 4.82. The molecule has 0 aromatic carbocycles. The van der Waals surface area contributed by atoms with E-state index in [1.165, 1.54) is 0 Å². The fraction of sp³-hybridized carbons (Fsp3) is 0.917. The number of unbranched alkanes of at least 4 members (excludes halogenated alkanes) is 1. The number of hydrogen-bond acceptors (Lipinski definition) is 6. The second-order valence-corrected chi connectivity index (χ2v) is 6.62. The summed E-state index contributed by atoms with van der Waals surface area (Å²) in [6.45, 7) is 2.71. The van der Waals surface area contributed by atoms with Crippen LogP contribution in [0.5, 0.6) is 0 Å². The molecule has 0 aromatic heterocycles. The molecular weight excluding hydrogens is 279 g/mol. The number of carboxylic acid groups (broad SMARTS) is 1. The normalized spacial score (nSPS) is 19.6. The predicted octanol–water partition coefficient (Wildman–Crippen LogP) is -0.150. The number of nitrogens with zero attached hydrogens (tertiary/aromatic N) is 1. The molecule has 1 aliphatic heterocycles. The van der Waals surface area contributed by atoms with Crippen molar-refractivity contribution in [3.05, 3.63) is 0 Å². The fourth-order valence-electron chi connectivity index (χ4n) is 2.29. The summed E-state index contributed by atoms with van der Waals surface area (Å²) in [6, 6.07) is 0. The summed E-state index contributed by atoms with van der Waals surface area (Å²) >= 11 is 1.92. The van der Waals surface area contributed by atoms with Crippen molar-refractivity contribution in [1.29, 1.82) is 0 Å². The third-order valence-electron chi connectivity index (χ3n) is 3.74. The monoisotopic (exact) mass is 304 g/mol. The van der Waals surface area contributed by atoms with Crippen LogP contribution in [-0.2, 0) is 4.79 Å². The van der Waals surface area contributed by atoms with Crippen molar-refractivity contribution in [2.75, 3.05) is 31.1 Å². The van der Waals surface area contributed by atoms with E-state index in [1.807, 2.05) is 11.8 Å². The third-order valence-corrected chi connectivity index (χ3v) is 4.68. The van der Waals surface area contributed by atoms with Gasteiger partial charge in [-0.05, 0) is 19.2 Å². The first-order valence-corrected chi connectivity index (χ1v) is 8.28. The van der Waals surface area contributed by atoms with E-state index in [9.17, 15) is 9.90 Å². The quantitative estimate of drug-likeness (QED) is 0.347. The van der Waals surface area contributed by atoms with Crippen LogP contribution >= 0.6 is 11.8 Å². The average Bonchev–Trinajstić information content (AvgIpc) is 2.42. The molecule has 8 heteroatoms. The van der Waals surface area contributed by atoms with Gasteiger partial charge < -0.3 is 25.8 Å². The molecule has 1 heterocycles. The van der Waals surface area contributed by atoms with Crippen LogP contribution in [0.1, 0.15) is 25.7 Å². The minimum Gasteiger partial charge on any atom is -0.480 e. The Labute approximate surface area is 124 Å². The Morgan fingerprint density at radius 3 is 2.45 bits per heavy atom. The van der Waals surface area contributed by atoms with Gasteiger partial charge in [0.25, 0.3) is 0 Å². The van der Waals surface area contributed by atoms with Crippen molar-refractivity contribution >= 4 is 24.8 Å². The van der Waals surface area contributed by atoms with Crippen LogP contribution < -0.4 is 5.73 Å². The van der Waals surface area contributed by atoms with Crippen LogP contribution in [0.4, 0.5) is 0 Å². The number of carbonyl (C=O) groups is 1. The summed E-state index contributed by atoms with van der Waals surface area (Å²) in [5.74, 6) is 1.23. The molecule has 1 atom stereocenters. The van der Waals surface area contributed by atoms with Gasteiger partial charge in [-0.2, -0.15) is 11.8 Å². The lowest BCUT2D eigenvalue weighted by Gasteiger charge is -2.31. The standard InChI is InChI=1S/C12H25BN2O4S/c14-12(11(16)17,3-1-2-5-13(18)19)4-6-15-7-9-20-10-8-15/h18-19H,1-10,14H2,(H,16,17). The summed E-state index contributed by atoms with van der Waals surface area (Å²) in [5, 5.41) is 26.9. The number of thioether (sulfide) groups is 1. The van der Waals surface area contributed by atoms with Crippen molar-refractivity contribution in [3.8, 4) is 0 Å². The van der Waals surface area contributed by atoms with Crippen molar-refractivity contribution in [3.63, 3.8) is 0 Å². The third kappa shape index (κ3) is 6.45. The Hall–Kier alpha value is -0.275. The highest BCUT2D eigenvalue weighted by Crippen LogP contribution is 2.19. The lowest BCUT2D eigenvalue weighted by molar-refractivity contribution is -0.144. The van der Waals surface area contributed by atoms with Crippen molar-refractivity contribution < 1.29 is 19.9 Å². The molecule has 0 aliphatic carbocycles. The zero-order valence-electron chi connectivity index (χ0n) is 11.8. The van der Waals surface area contributed by atoms with E-state index in [4.69, 9.17) is 15.8 Å². The Morgan fingerprint density at radius 2 is 1.90 bits per heavy atom. The SMILES string of the molecule is NC(CCCCB(O)O)(CCN1CCSCC1)C(=O)O. The number of aliphatic carboxylic acids is 1. The zero-order valence-corrected chi connectivity index (χ0v) is 12.6. The minimum atomic E-state index is -1.32. The lowest BCUT2D eigenvalue weighted by atomic mass is 9.81. The smallest absolute Gasteiger partial charge is 0.451 e. The second-order valence-electron chi connectivity index (χ2n) is 5.39. The molecule has 20 heavy (non-hydrogen) atoms. The van der Waals surface area contributed by atoms with E-state index in [-0.39, 0.29) is 6.32 Å². The van der Waals surface area contributed by atoms with Gasteiger partial charge >= 0.3 is 13.1 Å². The number of carboxylic acids is 1. The first kappa shape index (κ1) is 17.8. The van der Waals surface area contributed by atoms with Gasteiger partial charge in [0.2, 0.25) is 0 Å². The van der Waals surface area contributed by atoms with Crippen LogP contribution in [0.3, 0.4) is 0 Å². The van der Waals surface area contributed by atoms with Gasteiger partial charge in [0, 0.05) is 31.1 Å². The Balaban J connectivity index is 2.34. The molecule has 0 amide bonds. The first-order valence-electron chi connectivity index (χ1n) is 7.12. The van der Waals surface area contributed by atoms with E-state index in [0.29, 0.717) is 32.2 Å². The van der Waals surface area contributed by atoms with Gasteiger partial charge in [0.05, 0.1) is 0 Å². The molecular formula is C12H25BN2O4S. The largest absolute Gasteiger partial charge is 0.480 e. The number of rotatable bonds is 9. The Morgan fingerprint density at radius 1 is 1.25 bits per heavy atom.